The molecule has 0 spiro atoms. The van der Waals surface area contributed by atoms with Crippen LogP contribution in [0.2, 0.25) is 0 Å². The maximum absolute atomic E-state index is 11.9. The van der Waals surface area contributed by atoms with Gasteiger partial charge in [0.25, 0.3) is 5.91 Å². The second-order valence-corrected chi connectivity index (χ2v) is 4.80. The van der Waals surface area contributed by atoms with Gasteiger partial charge in [-0.2, -0.15) is 0 Å². The van der Waals surface area contributed by atoms with E-state index in [-0.39, 0.29) is 18.2 Å². The minimum atomic E-state index is -0.371. The second-order valence-electron chi connectivity index (χ2n) is 3.88. The summed E-state index contributed by atoms with van der Waals surface area (Å²) in [5.74, 6) is 0.613. The first kappa shape index (κ1) is 13.7. The Morgan fingerprint density at radius 2 is 2.32 bits per heavy atom. The molecule has 2 aromatic rings. The number of amides is 1. The number of carbonyl (C=O) groups excluding carboxylic acids is 1. The van der Waals surface area contributed by atoms with Crippen molar-refractivity contribution in [3.63, 3.8) is 0 Å². The number of rotatable bonds is 4. The lowest BCUT2D eigenvalue weighted by Crippen LogP contribution is -2.14. The SMILES string of the molecule is COCc1cc(C(=O)Nc2ncc(Br)cc2C)no1. The van der Waals surface area contributed by atoms with Gasteiger partial charge in [0.15, 0.2) is 11.5 Å². The Morgan fingerprint density at radius 1 is 1.53 bits per heavy atom. The van der Waals surface area contributed by atoms with E-state index in [0.717, 1.165) is 10.0 Å². The van der Waals surface area contributed by atoms with Crippen molar-refractivity contribution in [2.75, 3.05) is 12.4 Å². The summed E-state index contributed by atoms with van der Waals surface area (Å²) in [7, 11) is 1.54. The van der Waals surface area contributed by atoms with Crippen LogP contribution in [0.5, 0.6) is 0 Å². The molecule has 6 nitrogen and oxygen atoms in total. The normalized spacial score (nSPS) is 10.5. The van der Waals surface area contributed by atoms with Crippen molar-refractivity contribution in [1.29, 1.82) is 0 Å². The smallest absolute Gasteiger partial charge is 0.279 e. The van der Waals surface area contributed by atoms with Crippen molar-refractivity contribution < 1.29 is 14.1 Å². The first-order chi connectivity index (χ1) is 9.10. The van der Waals surface area contributed by atoms with Gasteiger partial charge >= 0.3 is 0 Å². The van der Waals surface area contributed by atoms with E-state index < -0.39 is 0 Å². The quantitative estimate of drug-likeness (QED) is 0.934. The van der Waals surface area contributed by atoms with Crippen molar-refractivity contribution >= 4 is 27.7 Å². The molecule has 0 aliphatic heterocycles. The highest BCUT2D eigenvalue weighted by atomic mass is 79.9. The van der Waals surface area contributed by atoms with E-state index in [1.165, 1.54) is 13.2 Å². The van der Waals surface area contributed by atoms with Crippen molar-refractivity contribution in [3.8, 4) is 0 Å². The topological polar surface area (TPSA) is 77.2 Å². The summed E-state index contributed by atoms with van der Waals surface area (Å²) >= 11 is 3.31. The van der Waals surface area contributed by atoms with Gasteiger partial charge in [-0.15, -0.1) is 0 Å². The van der Waals surface area contributed by atoms with Crippen LogP contribution in [-0.2, 0) is 11.3 Å². The number of methoxy groups -OCH3 is 1. The van der Waals surface area contributed by atoms with Gasteiger partial charge < -0.3 is 14.6 Å². The molecular weight excluding hydrogens is 314 g/mol. The van der Waals surface area contributed by atoms with Crippen molar-refractivity contribution in [1.82, 2.24) is 10.1 Å². The molecule has 2 rings (SSSR count). The molecule has 2 heterocycles. The third kappa shape index (κ3) is 3.39. The summed E-state index contributed by atoms with van der Waals surface area (Å²) in [5, 5.41) is 6.35. The standard InChI is InChI=1S/C12H12BrN3O3/c1-7-3-8(13)5-14-11(7)15-12(17)10-4-9(6-18-2)19-16-10/h3-5H,6H2,1-2H3,(H,14,15,17). The van der Waals surface area contributed by atoms with Crippen LogP contribution in [0.1, 0.15) is 21.8 Å². The lowest BCUT2D eigenvalue weighted by atomic mass is 10.3. The largest absolute Gasteiger partial charge is 0.377 e. The summed E-state index contributed by atoms with van der Waals surface area (Å²) in [6, 6.07) is 3.40. The highest BCUT2D eigenvalue weighted by molar-refractivity contribution is 9.10. The molecule has 0 aliphatic carbocycles. The molecule has 0 unspecified atom stereocenters. The summed E-state index contributed by atoms with van der Waals surface area (Å²) in [6.07, 6.45) is 1.61. The van der Waals surface area contributed by atoms with Gasteiger partial charge in [-0.1, -0.05) is 5.16 Å². The van der Waals surface area contributed by atoms with Crippen LogP contribution in [-0.4, -0.2) is 23.2 Å². The predicted molar refractivity (Wildman–Crippen MR) is 71.8 cm³/mol. The van der Waals surface area contributed by atoms with Gasteiger partial charge in [0.05, 0.1) is 0 Å². The number of aromatic nitrogens is 2. The number of carbonyl (C=O) groups is 1. The van der Waals surface area contributed by atoms with E-state index in [1.54, 1.807) is 6.20 Å². The molecule has 1 N–H and O–H groups in total. The molecule has 0 fully saturated rings. The molecule has 19 heavy (non-hydrogen) atoms. The number of aryl methyl sites for hydroxylation is 1. The lowest BCUT2D eigenvalue weighted by Gasteiger charge is -2.05. The van der Waals surface area contributed by atoms with Crippen LogP contribution < -0.4 is 5.32 Å². The average Bonchev–Trinajstić information content (AvgIpc) is 2.82. The predicted octanol–water partition coefficient (Wildman–Crippen LogP) is 2.54. The van der Waals surface area contributed by atoms with Gasteiger partial charge in [-0.05, 0) is 34.5 Å². The van der Waals surface area contributed by atoms with Crippen molar-refractivity contribution in [3.05, 3.63) is 39.8 Å². The van der Waals surface area contributed by atoms with E-state index in [2.05, 4.69) is 31.4 Å². The van der Waals surface area contributed by atoms with Crippen LogP contribution in [0.25, 0.3) is 0 Å². The van der Waals surface area contributed by atoms with Crippen LogP contribution in [0.15, 0.2) is 27.3 Å². The van der Waals surface area contributed by atoms with Crippen LogP contribution in [0.3, 0.4) is 0 Å². The molecule has 0 aliphatic rings. The molecule has 7 heteroatoms. The monoisotopic (exact) mass is 325 g/mol. The summed E-state index contributed by atoms with van der Waals surface area (Å²) in [5.41, 5.74) is 1.04. The zero-order valence-corrected chi connectivity index (χ0v) is 12.0. The lowest BCUT2D eigenvalue weighted by molar-refractivity contribution is 0.101. The third-order valence-electron chi connectivity index (χ3n) is 2.36. The number of pyridine rings is 1. The number of anilines is 1. The Kier molecular flexibility index (Phi) is 4.28. The molecular formula is C12H12BrN3O3. The van der Waals surface area contributed by atoms with E-state index in [1.807, 2.05) is 13.0 Å². The molecule has 0 atom stereocenters. The zero-order chi connectivity index (χ0) is 13.8. The first-order valence-electron chi connectivity index (χ1n) is 5.48. The maximum Gasteiger partial charge on any atom is 0.279 e. The minimum absolute atomic E-state index is 0.191. The van der Waals surface area contributed by atoms with E-state index in [4.69, 9.17) is 9.26 Å². The first-order valence-corrected chi connectivity index (χ1v) is 6.27. The summed E-state index contributed by atoms with van der Waals surface area (Å²) in [6.45, 7) is 2.13. The van der Waals surface area contributed by atoms with Gasteiger partial charge in [0.2, 0.25) is 0 Å². The second kappa shape index (κ2) is 5.94. The minimum Gasteiger partial charge on any atom is -0.377 e. The van der Waals surface area contributed by atoms with Gasteiger partial charge in [-0.25, -0.2) is 4.98 Å². The Balaban J connectivity index is 2.11. The molecule has 0 saturated heterocycles. The Bertz CT molecular complexity index is 598. The zero-order valence-electron chi connectivity index (χ0n) is 10.4. The van der Waals surface area contributed by atoms with E-state index in [0.29, 0.717) is 11.6 Å². The molecule has 2 aromatic heterocycles. The van der Waals surface area contributed by atoms with Gasteiger partial charge in [-0.3, -0.25) is 4.79 Å². The average molecular weight is 326 g/mol. The van der Waals surface area contributed by atoms with Gasteiger partial charge in [0.1, 0.15) is 12.4 Å². The number of nitrogens with zero attached hydrogens (tertiary/aromatic N) is 2. The summed E-state index contributed by atoms with van der Waals surface area (Å²) < 4.78 is 10.7. The molecule has 0 radical (unpaired) electrons. The molecule has 0 bridgehead atoms. The third-order valence-corrected chi connectivity index (χ3v) is 2.79. The molecule has 100 valence electrons. The highest BCUT2D eigenvalue weighted by Gasteiger charge is 2.14. The molecule has 0 aromatic carbocycles. The van der Waals surface area contributed by atoms with Crippen LogP contribution >= 0.6 is 15.9 Å². The number of ether oxygens (including phenoxy) is 1. The van der Waals surface area contributed by atoms with Crippen LogP contribution in [0, 0.1) is 6.92 Å². The van der Waals surface area contributed by atoms with Crippen molar-refractivity contribution in [2.24, 2.45) is 0 Å². The fraction of sp³-hybridized carbons (Fsp3) is 0.250. The van der Waals surface area contributed by atoms with Gasteiger partial charge in [0, 0.05) is 23.8 Å². The van der Waals surface area contributed by atoms with Crippen molar-refractivity contribution in [2.45, 2.75) is 13.5 Å². The number of nitrogens with one attached hydrogen (secondary N) is 1. The number of hydrogen-bond donors (Lipinski definition) is 1. The Hall–Kier alpha value is -1.73. The highest BCUT2D eigenvalue weighted by Crippen LogP contribution is 2.17. The fourth-order valence-corrected chi connectivity index (χ4v) is 1.92. The van der Waals surface area contributed by atoms with E-state index >= 15 is 0 Å². The molecule has 1 amide bonds. The van der Waals surface area contributed by atoms with E-state index in [9.17, 15) is 4.79 Å². The Labute approximate surface area is 118 Å². The fourth-order valence-electron chi connectivity index (χ4n) is 1.47. The number of hydrogen-bond acceptors (Lipinski definition) is 5. The molecule has 0 saturated carbocycles. The van der Waals surface area contributed by atoms with Crippen LogP contribution in [0.4, 0.5) is 5.82 Å². The number of halogens is 1. The maximum atomic E-state index is 11.9. The summed E-state index contributed by atoms with van der Waals surface area (Å²) in [4.78, 5) is 16.1. The Morgan fingerprint density at radius 3 is 3.00 bits per heavy atom.